The summed E-state index contributed by atoms with van der Waals surface area (Å²) in [5.41, 5.74) is 8.83. The molecular formula is C48H60N2O2Si2. The summed E-state index contributed by atoms with van der Waals surface area (Å²) in [6.45, 7) is 18.2. The molecule has 4 nitrogen and oxygen atoms in total. The Morgan fingerprint density at radius 2 is 0.778 bits per heavy atom. The molecule has 2 aliphatic rings. The maximum absolute atomic E-state index is 11.2. The van der Waals surface area contributed by atoms with Gasteiger partial charge in [-0.15, -0.1) is 0 Å². The van der Waals surface area contributed by atoms with E-state index < -0.39 is 30.6 Å². The maximum Gasteiger partial charge on any atom is 0.166 e. The van der Waals surface area contributed by atoms with Gasteiger partial charge in [0, 0.05) is 33.8 Å². The highest BCUT2D eigenvalue weighted by Crippen LogP contribution is 2.53. The van der Waals surface area contributed by atoms with E-state index >= 15 is 0 Å². The Balaban J connectivity index is 1.41. The van der Waals surface area contributed by atoms with Gasteiger partial charge in [-0.2, -0.15) is 0 Å². The molecule has 0 fully saturated rings. The number of allylic oxidation sites excluding steroid dienone is 4. The summed E-state index contributed by atoms with van der Waals surface area (Å²) >= 11 is 0. The van der Waals surface area contributed by atoms with E-state index in [1.807, 2.05) is 0 Å². The van der Waals surface area contributed by atoms with Gasteiger partial charge in [0.1, 0.15) is 0 Å². The lowest BCUT2D eigenvalue weighted by Gasteiger charge is -2.53. The first-order valence-corrected chi connectivity index (χ1v) is 22.8. The zero-order chi connectivity index (χ0) is 38.6. The summed E-state index contributed by atoms with van der Waals surface area (Å²) in [4.78, 5) is 27.3. The summed E-state index contributed by atoms with van der Waals surface area (Å²) in [7, 11) is -2.83. The van der Waals surface area contributed by atoms with Crippen molar-refractivity contribution in [1.82, 2.24) is 0 Å². The van der Waals surface area contributed by atoms with Crippen LogP contribution in [0.3, 0.4) is 0 Å². The van der Waals surface area contributed by atoms with E-state index in [9.17, 15) is 9.59 Å². The molecule has 0 radical (unpaired) electrons. The van der Waals surface area contributed by atoms with Gasteiger partial charge in [0.25, 0.3) is 0 Å². The number of benzene rings is 4. The number of rotatable bonds is 13. The molecule has 0 aromatic heterocycles. The van der Waals surface area contributed by atoms with Crippen LogP contribution in [0.15, 0.2) is 157 Å². The van der Waals surface area contributed by atoms with Gasteiger partial charge in [-0.3, -0.25) is 0 Å². The largest absolute Gasteiger partial charge is 0.437 e. The molecule has 0 bridgehead atoms. The van der Waals surface area contributed by atoms with Crippen molar-refractivity contribution in [2.24, 2.45) is 23.7 Å². The third kappa shape index (κ3) is 7.06. The number of nitrogens with zero attached hydrogens (tertiary/aromatic N) is 2. The summed E-state index contributed by atoms with van der Waals surface area (Å²) in [5, 5.41) is 0. The van der Waals surface area contributed by atoms with E-state index in [1.54, 1.807) is 0 Å². The number of para-hydroxylation sites is 2. The maximum atomic E-state index is 11.2. The smallest absolute Gasteiger partial charge is 0.166 e. The van der Waals surface area contributed by atoms with Crippen molar-refractivity contribution < 1.29 is 9.59 Å². The molecule has 54 heavy (non-hydrogen) atoms. The topological polar surface area (TPSA) is 46.9 Å². The van der Waals surface area contributed by atoms with Crippen LogP contribution in [0.2, 0.25) is 11.1 Å². The van der Waals surface area contributed by atoms with E-state index in [4.69, 9.17) is 0 Å². The van der Waals surface area contributed by atoms with E-state index in [1.165, 1.54) is 11.1 Å². The lowest BCUT2D eigenvalue weighted by molar-refractivity contribution is 0.348. The Morgan fingerprint density at radius 1 is 0.463 bits per heavy atom. The van der Waals surface area contributed by atoms with Gasteiger partial charge in [-0.05, 0) is 83.3 Å². The second-order valence-electron chi connectivity index (χ2n) is 16.4. The molecular weight excluding hydrogens is 693 g/mol. The van der Waals surface area contributed by atoms with Crippen molar-refractivity contribution in [2.45, 2.75) is 77.6 Å². The molecule has 2 N–H and O–H groups in total. The van der Waals surface area contributed by atoms with Crippen LogP contribution in [0.5, 0.6) is 0 Å². The van der Waals surface area contributed by atoms with Crippen molar-refractivity contribution in [3.05, 3.63) is 157 Å². The monoisotopic (exact) mass is 752 g/mol. The van der Waals surface area contributed by atoms with Crippen LogP contribution < -0.4 is 9.80 Å². The van der Waals surface area contributed by atoms with Crippen LogP contribution >= 0.6 is 0 Å². The van der Waals surface area contributed by atoms with Crippen molar-refractivity contribution >= 4 is 42.3 Å². The van der Waals surface area contributed by atoms with Gasteiger partial charge < -0.3 is 19.4 Å². The average molecular weight is 753 g/mol. The second-order valence-corrected chi connectivity index (χ2v) is 18.7. The first kappa shape index (κ1) is 39.5. The predicted octanol–water partition coefficient (Wildman–Crippen LogP) is 10.5. The Labute approximate surface area is 329 Å². The highest BCUT2D eigenvalue weighted by molar-refractivity contribution is 6.31. The molecule has 4 atom stereocenters. The highest BCUT2D eigenvalue weighted by Gasteiger charge is 2.50. The molecule has 0 spiro atoms. The summed E-state index contributed by atoms with van der Waals surface area (Å²) in [5.74, 6) is 1.20. The normalized spacial score (nSPS) is 23.0. The Hall–Kier alpha value is -4.21. The highest BCUT2D eigenvalue weighted by atomic mass is 28.2. The zero-order valence-corrected chi connectivity index (χ0v) is 36.4. The minimum atomic E-state index is -1.42. The fourth-order valence-corrected chi connectivity index (χ4v) is 13.2. The molecule has 0 heterocycles. The summed E-state index contributed by atoms with van der Waals surface area (Å²) < 4.78 is 0. The first-order chi connectivity index (χ1) is 26.0. The van der Waals surface area contributed by atoms with Gasteiger partial charge in [0.15, 0.2) is 19.5 Å². The molecule has 4 aromatic rings. The van der Waals surface area contributed by atoms with Crippen molar-refractivity contribution in [2.75, 3.05) is 9.80 Å². The molecule has 2 aliphatic carbocycles. The molecule has 0 saturated heterocycles. The van der Waals surface area contributed by atoms with E-state index in [2.05, 4.69) is 211 Å². The minimum Gasteiger partial charge on any atom is -0.437 e. The van der Waals surface area contributed by atoms with Crippen molar-refractivity contribution in [3.8, 4) is 11.1 Å². The molecule has 6 rings (SSSR count). The Morgan fingerprint density at radius 3 is 1.06 bits per heavy atom. The minimum absolute atomic E-state index is 0.0795. The van der Waals surface area contributed by atoms with Crippen LogP contribution in [0.4, 0.5) is 22.7 Å². The quantitative estimate of drug-likeness (QED) is 0.134. The van der Waals surface area contributed by atoms with E-state index in [0.29, 0.717) is 11.8 Å². The first-order valence-electron chi connectivity index (χ1n) is 19.9. The Kier molecular flexibility index (Phi) is 12.2. The van der Waals surface area contributed by atoms with Gasteiger partial charge in [-0.1, -0.05) is 164 Å². The zero-order valence-electron chi connectivity index (χ0n) is 33.5. The number of hydrogen-bond donors (Lipinski definition) is 2. The van der Waals surface area contributed by atoms with E-state index in [-0.39, 0.29) is 22.9 Å². The van der Waals surface area contributed by atoms with Gasteiger partial charge in [-0.25, -0.2) is 0 Å². The summed E-state index contributed by atoms with van der Waals surface area (Å²) in [6, 6.07) is 39.4. The standard InChI is InChI=1S/C48H60N2O2Si2/c1-33(2)43-21-15-31-47(35(5)6,45(43)53-51)49(39-17-11-9-12-18-39)41-27-23-37(24-28-41)38-25-29-42(30-26-38)50(40-19-13-10-14-20-40)48(36(7)8)32-16-22-44(34(3)4)46(48)54-52/h9-36,45-46,51-52H,53-54H2,1-8H3. The average Bonchev–Trinajstić information content (AvgIpc) is 3.19. The second kappa shape index (κ2) is 16.7. The van der Waals surface area contributed by atoms with Crippen LogP contribution in [0.1, 0.15) is 55.4 Å². The number of hydrogen-bond acceptors (Lipinski definition) is 4. The molecule has 282 valence electrons. The SMILES string of the molecule is CC(C)C1=CC=CC(C(C)C)(N(c2ccccc2)c2ccc(-c3ccc(N(c4ccccc4)C4(C(C)C)C=CC=C(C(C)C)C4[SiH2]O)cc3)cc2)C1[SiH2]O. The van der Waals surface area contributed by atoms with Gasteiger partial charge in [0.2, 0.25) is 0 Å². The molecule has 4 unspecified atom stereocenters. The lowest BCUT2D eigenvalue weighted by atomic mass is 9.73. The fraction of sp³-hybridized carbons (Fsp3) is 0.333. The third-order valence-corrected chi connectivity index (χ3v) is 15.1. The van der Waals surface area contributed by atoms with Gasteiger partial charge >= 0.3 is 0 Å². The van der Waals surface area contributed by atoms with Gasteiger partial charge in [0.05, 0.1) is 11.1 Å². The van der Waals surface area contributed by atoms with Crippen LogP contribution in [-0.2, 0) is 0 Å². The summed E-state index contributed by atoms with van der Waals surface area (Å²) in [6.07, 6.45) is 13.6. The molecule has 4 aromatic carbocycles. The molecule has 0 aliphatic heterocycles. The van der Waals surface area contributed by atoms with Crippen molar-refractivity contribution in [1.29, 1.82) is 0 Å². The molecule has 6 heteroatoms. The fourth-order valence-electron chi connectivity index (χ4n) is 9.44. The van der Waals surface area contributed by atoms with E-state index in [0.717, 1.165) is 33.9 Å². The third-order valence-electron chi connectivity index (χ3n) is 12.2. The lowest BCUT2D eigenvalue weighted by Crippen LogP contribution is -2.55. The molecule has 0 amide bonds. The van der Waals surface area contributed by atoms with Crippen LogP contribution in [-0.4, -0.2) is 40.2 Å². The van der Waals surface area contributed by atoms with Crippen molar-refractivity contribution in [3.63, 3.8) is 0 Å². The van der Waals surface area contributed by atoms with Crippen LogP contribution in [0.25, 0.3) is 11.1 Å². The van der Waals surface area contributed by atoms with Crippen LogP contribution in [0, 0.1) is 23.7 Å². The number of anilines is 4. The molecule has 0 saturated carbocycles. The predicted molar refractivity (Wildman–Crippen MR) is 237 cm³/mol. The Bertz CT molecular complexity index is 1820.